The van der Waals surface area contributed by atoms with Gasteiger partial charge in [-0.3, -0.25) is 0 Å². The minimum Gasteiger partial charge on any atom is -0.345 e. The predicted molar refractivity (Wildman–Crippen MR) is 130 cm³/mol. The zero-order valence-electron chi connectivity index (χ0n) is 18.5. The van der Waals surface area contributed by atoms with Gasteiger partial charge in [0.05, 0.1) is 6.54 Å². The number of carbonyl (C=O) groups excluding carboxylic acids is 1. The minimum atomic E-state index is -0.230. The van der Waals surface area contributed by atoms with E-state index in [0.717, 1.165) is 42.6 Å². The molecule has 1 aliphatic carbocycles. The quantitative estimate of drug-likeness (QED) is 0.403. The molecule has 3 aromatic rings. The molecule has 1 aliphatic rings. The van der Waals surface area contributed by atoms with E-state index in [1.807, 2.05) is 53.8 Å². The Hall–Kier alpha value is -2.73. The molecule has 1 aromatic heterocycles. The summed E-state index contributed by atoms with van der Waals surface area (Å²) in [5.74, 6) is -0.230. The summed E-state index contributed by atoms with van der Waals surface area (Å²) in [6.07, 6.45) is 9.64. The van der Waals surface area contributed by atoms with Gasteiger partial charge in [0.15, 0.2) is 0 Å². The van der Waals surface area contributed by atoms with E-state index in [4.69, 9.17) is 0 Å². The van der Waals surface area contributed by atoms with Crippen molar-refractivity contribution in [1.82, 2.24) is 9.47 Å². The number of hydrogen-bond donors (Lipinski definition) is 1. The summed E-state index contributed by atoms with van der Waals surface area (Å²) in [7, 11) is 0. The fourth-order valence-corrected chi connectivity index (χ4v) is 4.79. The fraction of sp³-hybridized carbons (Fsp3) is 0.346. The molecule has 0 bridgehead atoms. The van der Waals surface area contributed by atoms with Gasteiger partial charge >= 0.3 is 6.03 Å². The number of anilines is 1. The van der Waals surface area contributed by atoms with Gasteiger partial charge in [-0.2, -0.15) is 0 Å². The molecular formula is C26H30FN3OS. The zero-order valence-corrected chi connectivity index (χ0v) is 19.3. The molecule has 1 heterocycles. The Morgan fingerprint density at radius 1 is 1.09 bits per heavy atom. The first-order valence-electron chi connectivity index (χ1n) is 11.2. The van der Waals surface area contributed by atoms with Crippen molar-refractivity contribution in [1.29, 1.82) is 0 Å². The second kappa shape index (κ2) is 10.7. The Bertz CT molecular complexity index is 1030. The molecule has 0 saturated heterocycles. The third kappa shape index (κ3) is 5.74. The second-order valence-electron chi connectivity index (χ2n) is 8.34. The van der Waals surface area contributed by atoms with Crippen molar-refractivity contribution in [3.63, 3.8) is 0 Å². The van der Waals surface area contributed by atoms with Gasteiger partial charge in [-0.15, -0.1) is 11.8 Å². The molecule has 2 amide bonds. The number of nitrogens with zero attached hydrogens (tertiary/aromatic N) is 2. The van der Waals surface area contributed by atoms with Crippen LogP contribution in [0.1, 0.15) is 43.4 Å². The van der Waals surface area contributed by atoms with Crippen molar-refractivity contribution in [2.45, 2.75) is 56.1 Å². The molecule has 6 heteroatoms. The molecule has 4 nitrogen and oxygen atoms in total. The van der Waals surface area contributed by atoms with Gasteiger partial charge < -0.3 is 14.8 Å². The average molecular weight is 452 g/mol. The number of halogens is 1. The monoisotopic (exact) mass is 451 g/mol. The van der Waals surface area contributed by atoms with E-state index in [0.29, 0.717) is 13.1 Å². The second-order valence-corrected chi connectivity index (χ2v) is 9.22. The Morgan fingerprint density at radius 3 is 2.59 bits per heavy atom. The molecule has 0 atom stereocenters. The fourth-order valence-electron chi connectivity index (χ4n) is 4.38. The van der Waals surface area contributed by atoms with Crippen molar-refractivity contribution in [2.24, 2.45) is 0 Å². The average Bonchev–Trinajstić information content (AvgIpc) is 3.25. The maximum absolute atomic E-state index is 13.6. The van der Waals surface area contributed by atoms with E-state index in [2.05, 4.69) is 16.0 Å². The summed E-state index contributed by atoms with van der Waals surface area (Å²) < 4.78 is 15.7. The van der Waals surface area contributed by atoms with E-state index in [1.54, 1.807) is 23.9 Å². The number of hydrogen-bond acceptors (Lipinski definition) is 2. The summed E-state index contributed by atoms with van der Waals surface area (Å²) in [5.41, 5.74) is 2.77. The van der Waals surface area contributed by atoms with Crippen LogP contribution in [0.2, 0.25) is 0 Å². The Morgan fingerprint density at radius 2 is 1.88 bits per heavy atom. The standard InChI is InChI=1S/C26H30FN3OS/c1-32-25-14-12-22(13-15-25)28-26(31)30(23-9-3-2-4-10-23)19-24-11-6-16-29(24)18-20-7-5-8-21(27)17-20/h5-8,11-17,23H,2-4,9-10,18-19H2,1H3,(H,28,31). The third-order valence-electron chi connectivity index (χ3n) is 6.12. The van der Waals surface area contributed by atoms with Crippen LogP contribution < -0.4 is 5.32 Å². The van der Waals surface area contributed by atoms with Crippen LogP contribution in [0.4, 0.5) is 14.9 Å². The highest BCUT2D eigenvalue weighted by atomic mass is 32.2. The first-order valence-corrected chi connectivity index (χ1v) is 12.4. The lowest BCUT2D eigenvalue weighted by Crippen LogP contribution is -2.43. The SMILES string of the molecule is CSc1ccc(NC(=O)N(Cc2cccn2Cc2cccc(F)c2)C2CCCCC2)cc1. The first kappa shape index (κ1) is 22.5. The lowest BCUT2D eigenvalue weighted by Gasteiger charge is -2.34. The molecule has 1 saturated carbocycles. The van der Waals surface area contributed by atoms with Gasteiger partial charge in [0, 0.05) is 35.1 Å². The van der Waals surface area contributed by atoms with Gasteiger partial charge in [-0.05, 0) is 73.2 Å². The van der Waals surface area contributed by atoms with E-state index in [9.17, 15) is 9.18 Å². The lowest BCUT2D eigenvalue weighted by molar-refractivity contribution is 0.161. The molecule has 1 N–H and O–H groups in total. The Kier molecular flexibility index (Phi) is 7.53. The lowest BCUT2D eigenvalue weighted by atomic mass is 9.94. The van der Waals surface area contributed by atoms with Gasteiger partial charge in [-0.1, -0.05) is 31.4 Å². The molecule has 168 valence electrons. The van der Waals surface area contributed by atoms with E-state index < -0.39 is 0 Å². The molecule has 0 unspecified atom stereocenters. The van der Waals surface area contributed by atoms with Gasteiger partial charge in [0.2, 0.25) is 0 Å². The summed E-state index contributed by atoms with van der Waals surface area (Å²) in [6, 6.07) is 18.8. The smallest absolute Gasteiger partial charge is 0.322 e. The largest absolute Gasteiger partial charge is 0.345 e. The van der Waals surface area contributed by atoms with Crippen molar-refractivity contribution in [2.75, 3.05) is 11.6 Å². The maximum atomic E-state index is 13.6. The molecule has 0 radical (unpaired) electrons. The van der Waals surface area contributed by atoms with Gasteiger partial charge in [0.1, 0.15) is 5.82 Å². The Labute approximate surface area is 193 Å². The summed E-state index contributed by atoms with van der Waals surface area (Å²) >= 11 is 1.68. The van der Waals surface area contributed by atoms with Crippen LogP contribution in [0.15, 0.2) is 71.8 Å². The molecular weight excluding hydrogens is 421 g/mol. The minimum absolute atomic E-state index is 0.0627. The van der Waals surface area contributed by atoms with Crippen LogP contribution in [0, 0.1) is 5.82 Å². The van der Waals surface area contributed by atoms with Crippen LogP contribution in [0.25, 0.3) is 0 Å². The van der Waals surface area contributed by atoms with Crippen molar-refractivity contribution >= 4 is 23.5 Å². The highest BCUT2D eigenvalue weighted by Crippen LogP contribution is 2.26. The van der Waals surface area contributed by atoms with Crippen molar-refractivity contribution < 1.29 is 9.18 Å². The number of amides is 2. The maximum Gasteiger partial charge on any atom is 0.322 e. The third-order valence-corrected chi connectivity index (χ3v) is 6.86. The van der Waals surface area contributed by atoms with E-state index >= 15 is 0 Å². The summed E-state index contributed by atoms with van der Waals surface area (Å²) in [6.45, 7) is 1.11. The number of aromatic nitrogens is 1. The Balaban J connectivity index is 1.52. The summed E-state index contributed by atoms with van der Waals surface area (Å²) in [4.78, 5) is 16.5. The van der Waals surface area contributed by atoms with Gasteiger partial charge in [0.25, 0.3) is 0 Å². The number of urea groups is 1. The molecule has 4 rings (SSSR count). The van der Waals surface area contributed by atoms with Crippen LogP contribution in [0.5, 0.6) is 0 Å². The number of nitrogens with one attached hydrogen (secondary N) is 1. The number of rotatable bonds is 7. The highest BCUT2D eigenvalue weighted by Gasteiger charge is 2.26. The molecule has 32 heavy (non-hydrogen) atoms. The number of benzene rings is 2. The topological polar surface area (TPSA) is 37.3 Å². The van der Waals surface area contributed by atoms with E-state index in [1.165, 1.54) is 17.4 Å². The number of carbonyl (C=O) groups is 1. The van der Waals surface area contributed by atoms with Crippen LogP contribution in [-0.4, -0.2) is 27.8 Å². The van der Waals surface area contributed by atoms with Crippen LogP contribution in [-0.2, 0) is 13.1 Å². The van der Waals surface area contributed by atoms with Gasteiger partial charge in [-0.25, -0.2) is 9.18 Å². The van der Waals surface area contributed by atoms with Crippen LogP contribution >= 0.6 is 11.8 Å². The zero-order chi connectivity index (χ0) is 22.3. The number of thioether (sulfide) groups is 1. The molecule has 0 aliphatic heterocycles. The van der Waals surface area contributed by atoms with Crippen molar-refractivity contribution in [3.8, 4) is 0 Å². The molecule has 0 spiro atoms. The predicted octanol–water partition coefficient (Wildman–Crippen LogP) is 6.76. The van der Waals surface area contributed by atoms with Crippen molar-refractivity contribution in [3.05, 3.63) is 83.9 Å². The normalized spacial score (nSPS) is 14.3. The molecule has 1 fully saturated rings. The first-order chi connectivity index (χ1) is 15.6. The highest BCUT2D eigenvalue weighted by molar-refractivity contribution is 7.98. The molecule has 2 aromatic carbocycles. The summed E-state index contributed by atoms with van der Waals surface area (Å²) in [5, 5.41) is 3.10. The van der Waals surface area contributed by atoms with Crippen LogP contribution in [0.3, 0.4) is 0 Å². The van der Waals surface area contributed by atoms with E-state index in [-0.39, 0.29) is 17.9 Å².